The number of amides is 1. The van der Waals surface area contributed by atoms with Gasteiger partial charge in [0.05, 0.1) is 5.52 Å². The molecule has 4 nitrogen and oxygen atoms in total. The molecule has 0 spiro atoms. The molecule has 0 aliphatic rings. The lowest BCUT2D eigenvalue weighted by Gasteiger charge is -2.08. The number of nitrogens with one attached hydrogen (secondary N) is 1. The summed E-state index contributed by atoms with van der Waals surface area (Å²) in [7, 11) is 1.47. The Morgan fingerprint density at radius 3 is 2.84 bits per heavy atom. The van der Waals surface area contributed by atoms with Crippen LogP contribution in [0.4, 0.5) is 8.78 Å². The second-order valence-electron chi connectivity index (χ2n) is 3.96. The number of rotatable bonds is 4. The number of halogens is 3. The summed E-state index contributed by atoms with van der Waals surface area (Å²) in [5, 5.41) is 2.43. The first kappa shape index (κ1) is 13.7. The van der Waals surface area contributed by atoms with Crippen LogP contribution in [0.2, 0.25) is 0 Å². The predicted molar refractivity (Wildman–Crippen MR) is 68.1 cm³/mol. The van der Waals surface area contributed by atoms with Crippen LogP contribution in [0.5, 0.6) is 0 Å². The number of aryl methyl sites for hydroxylation is 1. The standard InChI is InChI=1S/C12H12ClF2N3O/c1-16-10(19)6-18-9(4-5-13)17-8-3-2-7(14)11(15)12(8)18/h2-3H,4-6H2,1H3,(H,16,19). The largest absolute Gasteiger partial charge is 0.358 e. The number of hydrogen-bond acceptors (Lipinski definition) is 2. The van der Waals surface area contributed by atoms with Crippen LogP contribution >= 0.6 is 11.6 Å². The molecule has 1 aromatic heterocycles. The Labute approximate surface area is 113 Å². The number of hydrogen-bond donors (Lipinski definition) is 1. The lowest BCUT2D eigenvalue weighted by Crippen LogP contribution is -2.24. The Kier molecular flexibility index (Phi) is 3.99. The lowest BCUT2D eigenvalue weighted by molar-refractivity contribution is -0.121. The molecule has 0 bridgehead atoms. The maximum absolute atomic E-state index is 13.9. The van der Waals surface area contributed by atoms with E-state index in [1.807, 2.05) is 0 Å². The maximum Gasteiger partial charge on any atom is 0.239 e. The smallest absolute Gasteiger partial charge is 0.239 e. The van der Waals surface area contributed by atoms with Gasteiger partial charge in [-0.3, -0.25) is 4.79 Å². The van der Waals surface area contributed by atoms with Crippen molar-refractivity contribution in [1.29, 1.82) is 0 Å². The molecule has 0 aliphatic carbocycles. The summed E-state index contributed by atoms with van der Waals surface area (Å²) in [5.74, 6) is -1.56. The van der Waals surface area contributed by atoms with Crippen molar-refractivity contribution in [2.45, 2.75) is 13.0 Å². The van der Waals surface area contributed by atoms with Gasteiger partial charge in [-0.1, -0.05) is 0 Å². The average Bonchev–Trinajstić information content (AvgIpc) is 2.73. The molecule has 1 N–H and O–H groups in total. The van der Waals surface area contributed by atoms with Gasteiger partial charge in [0.1, 0.15) is 17.9 Å². The number of carbonyl (C=O) groups is 1. The van der Waals surface area contributed by atoms with E-state index in [0.717, 1.165) is 6.07 Å². The fourth-order valence-electron chi connectivity index (χ4n) is 1.87. The van der Waals surface area contributed by atoms with E-state index < -0.39 is 11.6 Å². The number of carbonyl (C=O) groups excluding carboxylic acids is 1. The van der Waals surface area contributed by atoms with Crippen LogP contribution < -0.4 is 5.32 Å². The quantitative estimate of drug-likeness (QED) is 0.872. The molecule has 0 saturated carbocycles. The van der Waals surface area contributed by atoms with E-state index in [9.17, 15) is 13.6 Å². The highest BCUT2D eigenvalue weighted by atomic mass is 35.5. The first-order valence-corrected chi connectivity index (χ1v) is 6.21. The van der Waals surface area contributed by atoms with Crippen molar-refractivity contribution in [2.75, 3.05) is 12.9 Å². The molecule has 2 aromatic rings. The topological polar surface area (TPSA) is 46.9 Å². The van der Waals surface area contributed by atoms with E-state index in [1.165, 1.54) is 17.7 Å². The highest BCUT2D eigenvalue weighted by molar-refractivity contribution is 6.17. The molecule has 0 atom stereocenters. The van der Waals surface area contributed by atoms with Gasteiger partial charge in [-0.2, -0.15) is 0 Å². The molecule has 2 rings (SSSR count). The van der Waals surface area contributed by atoms with Crippen LogP contribution in [-0.2, 0) is 17.8 Å². The molecule has 1 heterocycles. The Bertz CT molecular complexity index is 627. The Balaban J connectivity index is 2.63. The van der Waals surface area contributed by atoms with E-state index in [2.05, 4.69) is 10.3 Å². The zero-order chi connectivity index (χ0) is 14.0. The molecule has 1 amide bonds. The number of imidazole rings is 1. The number of aromatic nitrogens is 2. The zero-order valence-electron chi connectivity index (χ0n) is 10.2. The summed E-state index contributed by atoms with van der Waals surface area (Å²) < 4.78 is 28.5. The van der Waals surface area contributed by atoms with Gasteiger partial charge in [0, 0.05) is 19.3 Å². The number of benzene rings is 1. The second kappa shape index (κ2) is 5.52. The van der Waals surface area contributed by atoms with Gasteiger partial charge in [0.25, 0.3) is 0 Å². The van der Waals surface area contributed by atoms with E-state index in [1.54, 1.807) is 0 Å². The van der Waals surface area contributed by atoms with Gasteiger partial charge in [-0.15, -0.1) is 11.6 Å². The van der Waals surface area contributed by atoms with Crippen LogP contribution in [0.25, 0.3) is 11.0 Å². The van der Waals surface area contributed by atoms with Crippen molar-refractivity contribution in [3.05, 3.63) is 29.6 Å². The van der Waals surface area contributed by atoms with Crippen molar-refractivity contribution in [2.24, 2.45) is 0 Å². The molecule has 19 heavy (non-hydrogen) atoms. The second-order valence-corrected chi connectivity index (χ2v) is 4.33. The molecule has 0 fully saturated rings. The third-order valence-electron chi connectivity index (χ3n) is 2.78. The van der Waals surface area contributed by atoms with Gasteiger partial charge in [-0.25, -0.2) is 13.8 Å². The van der Waals surface area contributed by atoms with Crippen molar-refractivity contribution < 1.29 is 13.6 Å². The van der Waals surface area contributed by atoms with Crippen LogP contribution in [0.3, 0.4) is 0 Å². The SMILES string of the molecule is CNC(=O)Cn1c(CCCl)nc2ccc(F)c(F)c21. The van der Waals surface area contributed by atoms with Crippen LogP contribution in [0.15, 0.2) is 12.1 Å². The molecule has 0 unspecified atom stereocenters. The maximum atomic E-state index is 13.9. The van der Waals surface area contributed by atoms with Gasteiger partial charge >= 0.3 is 0 Å². The molecule has 7 heteroatoms. The van der Waals surface area contributed by atoms with Crippen molar-refractivity contribution in [3.8, 4) is 0 Å². The fourth-order valence-corrected chi connectivity index (χ4v) is 2.04. The van der Waals surface area contributed by atoms with Crippen molar-refractivity contribution >= 4 is 28.5 Å². The third-order valence-corrected chi connectivity index (χ3v) is 2.97. The third kappa shape index (κ3) is 2.53. The van der Waals surface area contributed by atoms with Gasteiger partial charge in [-0.05, 0) is 12.1 Å². The number of likely N-dealkylation sites (N-methyl/N-ethyl adjacent to an activating group) is 1. The lowest BCUT2D eigenvalue weighted by atomic mass is 10.3. The van der Waals surface area contributed by atoms with Gasteiger partial charge < -0.3 is 9.88 Å². The molecule has 0 radical (unpaired) electrons. The number of nitrogens with zero attached hydrogens (tertiary/aromatic N) is 2. The molecule has 0 aliphatic heterocycles. The van der Waals surface area contributed by atoms with E-state index in [4.69, 9.17) is 11.6 Å². The molecule has 1 aromatic carbocycles. The highest BCUT2D eigenvalue weighted by Gasteiger charge is 2.18. The minimum absolute atomic E-state index is 0.0104. The number of fused-ring (bicyclic) bond motifs is 1. The number of alkyl halides is 1. The average molecular weight is 288 g/mol. The first-order valence-electron chi connectivity index (χ1n) is 5.68. The monoisotopic (exact) mass is 287 g/mol. The molecular weight excluding hydrogens is 276 g/mol. The Hall–Kier alpha value is -1.69. The van der Waals surface area contributed by atoms with Crippen LogP contribution in [0.1, 0.15) is 5.82 Å². The normalized spacial score (nSPS) is 10.9. The van der Waals surface area contributed by atoms with E-state index in [-0.39, 0.29) is 23.8 Å². The minimum atomic E-state index is -1.00. The molecule has 102 valence electrons. The van der Waals surface area contributed by atoms with E-state index >= 15 is 0 Å². The first-order chi connectivity index (χ1) is 9.08. The summed E-state index contributed by atoms with van der Waals surface area (Å²) in [6, 6.07) is 2.39. The van der Waals surface area contributed by atoms with Crippen LogP contribution in [0, 0.1) is 11.6 Å². The highest BCUT2D eigenvalue weighted by Crippen LogP contribution is 2.22. The Morgan fingerprint density at radius 2 is 2.21 bits per heavy atom. The van der Waals surface area contributed by atoms with Crippen LogP contribution in [-0.4, -0.2) is 28.4 Å². The van der Waals surface area contributed by atoms with E-state index in [0.29, 0.717) is 17.8 Å². The zero-order valence-corrected chi connectivity index (χ0v) is 11.0. The summed E-state index contributed by atoms with van der Waals surface area (Å²) in [6.45, 7) is -0.125. The van der Waals surface area contributed by atoms with Crippen molar-refractivity contribution in [3.63, 3.8) is 0 Å². The summed E-state index contributed by atoms with van der Waals surface area (Å²) in [6.07, 6.45) is 0.369. The molecular formula is C12H12ClF2N3O. The van der Waals surface area contributed by atoms with Gasteiger partial charge in [0.15, 0.2) is 11.6 Å². The van der Waals surface area contributed by atoms with Crippen molar-refractivity contribution in [1.82, 2.24) is 14.9 Å². The fraction of sp³-hybridized carbons (Fsp3) is 0.333. The summed E-state index contributed by atoms with van der Waals surface area (Å²) >= 11 is 5.66. The predicted octanol–water partition coefficient (Wildman–Crippen LogP) is 1.84. The Morgan fingerprint density at radius 1 is 1.47 bits per heavy atom. The minimum Gasteiger partial charge on any atom is -0.358 e. The van der Waals surface area contributed by atoms with Gasteiger partial charge in [0.2, 0.25) is 5.91 Å². The summed E-state index contributed by atoms with van der Waals surface area (Å²) in [4.78, 5) is 15.7. The molecule has 0 saturated heterocycles. The summed E-state index contributed by atoms with van der Waals surface area (Å²) in [5.41, 5.74) is 0.298.